The molecule has 1 aliphatic heterocycles. The van der Waals surface area contributed by atoms with Gasteiger partial charge in [-0.25, -0.2) is 0 Å². The summed E-state index contributed by atoms with van der Waals surface area (Å²) < 4.78 is 5.62. The summed E-state index contributed by atoms with van der Waals surface area (Å²) in [6.45, 7) is 1.21. The van der Waals surface area contributed by atoms with Crippen molar-refractivity contribution in [3.63, 3.8) is 0 Å². The Labute approximate surface area is 132 Å². The third-order valence-corrected chi connectivity index (χ3v) is 3.91. The van der Waals surface area contributed by atoms with Crippen LogP contribution in [0.3, 0.4) is 0 Å². The van der Waals surface area contributed by atoms with Crippen LogP contribution in [0.1, 0.15) is 23.6 Å². The lowest BCUT2D eigenvalue weighted by atomic mass is 10.2. The molecule has 0 atom stereocenters. The van der Waals surface area contributed by atoms with Gasteiger partial charge in [0.1, 0.15) is 0 Å². The minimum atomic E-state index is 0.0778. The molecule has 0 aliphatic carbocycles. The second kappa shape index (κ2) is 5.68. The number of hydrogen-bond donors (Lipinski definition) is 1. The van der Waals surface area contributed by atoms with E-state index in [1.807, 2.05) is 30.3 Å². The molecule has 1 aromatic carbocycles. The lowest BCUT2D eigenvalue weighted by molar-refractivity contribution is -0.131. The van der Waals surface area contributed by atoms with Crippen LogP contribution in [-0.2, 0) is 24.3 Å². The number of benzene rings is 1. The minimum Gasteiger partial charge on any atom is -0.421 e. The Hall–Kier alpha value is -2.96. The SMILES string of the molecule is O=C(CCc1nnc(-c2ccccc2)o1)N1Cc2cn[nH]c2C1. The van der Waals surface area contributed by atoms with E-state index in [1.54, 1.807) is 11.1 Å². The normalized spacial score (nSPS) is 13.3. The lowest BCUT2D eigenvalue weighted by Crippen LogP contribution is -2.25. The van der Waals surface area contributed by atoms with Gasteiger partial charge in [-0.15, -0.1) is 10.2 Å². The smallest absolute Gasteiger partial charge is 0.247 e. The first-order valence-electron chi connectivity index (χ1n) is 7.46. The van der Waals surface area contributed by atoms with Gasteiger partial charge < -0.3 is 9.32 Å². The van der Waals surface area contributed by atoms with Crippen molar-refractivity contribution in [2.75, 3.05) is 0 Å². The van der Waals surface area contributed by atoms with Crippen LogP contribution in [0.25, 0.3) is 11.5 Å². The molecule has 116 valence electrons. The molecule has 0 saturated heterocycles. The summed E-state index contributed by atoms with van der Waals surface area (Å²) in [5, 5.41) is 14.9. The van der Waals surface area contributed by atoms with Crippen LogP contribution in [0, 0.1) is 0 Å². The molecule has 1 N–H and O–H groups in total. The molecule has 1 aliphatic rings. The number of carbonyl (C=O) groups is 1. The van der Waals surface area contributed by atoms with Crippen LogP contribution in [0.4, 0.5) is 0 Å². The maximum Gasteiger partial charge on any atom is 0.247 e. The summed E-state index contributed by atoms with van der Waals surface area (Å²) in [6.07, 6.45) is 2.57. The molecule has 0 unspecified atom stereocenters. The number of rotatable bonds is 4. The number of aromatic nitrogens is 4. The van der Waals surface area contributed by atoms with Gasteiger partial charge >= 0.3 is 0 Å². The Bertz CT molecular complexity index is 803. The molecule has 4 rings (SSSR count). The van der Waals surface area contributed by atoms with Crippen LogP contribution >= 0.6 is 0 Å². The van der Waals surface area contributed by atoms with Crippen molar-refractivity contribution in [1.82, 2.24) is 25.3 Å². The molecule has 3 heterocycles. The van der Waals surface area contributed by atoms with Crippen LogP contribution in [0.2, 0.25) is 0 Å². The maximum absolute atomic E-state index is 12.3. The number of hydrogen-bond acceptors (Lipinski definition) is 5. The highest BCUT2D eigenvalue weighted by Gasteiger charge is 2.24. The average Bonchev–Trinajstić information content (AvgIpc) is 3.29. The zero-order valence-electron chi connectivity index (χ0n) is 12.4. The zero-order chi connectivity index (χ0) is 15.6. The Balaban J connectivity index is 1.36. The van der Waals surface area contributed by atoms with Gasteiger partial charge in [0.25, 0.3) is 0 Å². The molecule has 7 heteroatoms. The van der Waals surface area contributed by atoms with Gasteiger partial charge in [-0.1, -0.05) is 18.2 Å². The highest BCUT2D eigenvalue weighted by atomic mass is 16.4. The zero-order valence-corrected chi connectivity index (χ0v) is 12.4. The Morgan fingerprint density at radius 2 is 2.09 bits per heavy atom. The molecule has 7 nitrogen and oxygen atoms in total. The lowest BCUT2D eigenvalue weighted by Gasteiger charge is -2.14. The van der Waals surface area contributed by atoms with E-state index < -0.39 is 0 Å². The van der Waals surface area contributed by atoms with E-state index in [-0.39, 0.29) is 5.91 Å². The predicted molar refractivity (Wildman–Crippen MR) is 80.9 cm³/mol. The van der Waals surface area contributed by atoms with E-state index in [0.717, 1.165) is 16.8 Å². The molecule has 0 bridgehead atoms. The second-order valence-electron chi connectivity index (χ2n) is 5.49. The maximum atomic E-state index is 12.3. The summed E-state index contributed by atoms with van der Waals surface area (Å²) in [7, 11) is 0. The van der Waals surface area contributed by atoms with Gasteiger partial charge in [-0.3, -0.25) is 9.89 Å². The Kier molecular flexibility index (Phi) is 3.38. The third-order valence-electron chi connectivity index (χ3n) is 3.91. The van der Waals surface area contributed by atoms with Crippen LogP contribution in [0.5, 0.6) is 0 Å². The van der Waals surface area contributed by atoms with Gasteiger partial charge in [0.2, 0.25) is 17.7 Å². The van der Waals surface area contributed by atoms with E-state index in [0.29, 0.717) is 37.7 Å². The molecule has 0 fully saturated rings. The summed E-state index contributed by atoms with van der Waals surface area (Å²) in [4.78, 5) is 14.1. The number of aromatic amines is 1. The molecule has 3 aromatic rings. The highest BCUT2D eigenvalue weighted by Crippen LogP contribution is 2.21. The number of carbonyl (C=O) groups excluding carboxylic acids is 1. The van der Waals surface area contributed by atoms with E-state index in [9.17, 15) is 4.79 Å². The van der Waals surface area contributed by atoms with Gasteiger partial charge in [0.05, 0.1) is 18.4 Å². The van der Waals surface area contributed by atoms with Crippen molar-refractivity contribution in [2.45, 2.75) is 25.9 Å². The van der Waals surface area contributed by atoms with Crippen molar-refractivity contribution in [1.29, 1.82) is 0 Å². The fraction of sp³-hybridized carbons (Fsp3) is 0.250. The van der Waals surface area contributed by atoms with E-state index >= 15 is 0 Å². The fourth-order valence-electron chi connectivity index (χ4n) is 2.66. The second-order valence-corrected chi connectivity index (χ2v) is 5.49. The topological polar surface area (TPSA) is 87.9 Å². The van der Waals surface area contributed by atoms with Gasteiger partial charge in [-0.2, -0.15) is 5.10 Å². The number of nitrogens with one attached hydrogen (secondary N) is 1. The van der Waals surface area contributed by atoms with Gasteiger partial charge in [-0.05, 0) is 12.1 Å². The number of fused-ring (bicyclic) bond motifs is 1. The molecule has 0 saturated carbocycles. The first-order chi connectivity index (χ1) is 11.3. The summed E-state index contributed by atoms with van der Waals surface area (Å²) in [6, 6.07) is 9.59. The fourth-order valence-corrected chi connectivity index (χ4v) is 2.66. The van der Waals surface area contributed by atoms with E-state index in [2.05, 4.69) is 20.4 Å². The summed E-state index contributed by atoms with van der Waals surface area (Å²) >= 11 is 0. The van der Waals surface area contributed by atoms with Crippen LogP contribution in [-0.4, -0.2) is 31.2 Å². The molecule has 1 amide bonds. The molecular formula is C16H15N5O2. The number of H-pyrrole nitrogens is 1. The minimum absolute atomic E-state index is 0.0778. The number of amides is 1. The standard InChI is InChI=1S/C16H15N5O2/c22-15(21-9-12-8-17-18-13(12)10-21)7-6-14-19-20-16(23-14)11-4-2-1-3-5-11/h1-5,8H,6-7,9-10H2,(H,17,18). The van der Waals surface area contributed by atoms with Gasteiger partial charge in [0, 0.05) is 30.5 Å². The molecule has 0 radical (unpaired) electrons. The largest absolute Gasteiger partial charge is 0.421 e. The van der Waals surface area contributed by atoms with Crippen molar-refractivity contribution in [2.24, 2.45) is 0 Å². The third kappa shape index (κ3) is 2.73. The van der Waals surface area contributed by atoms with Crippen molar-refractivity contribution in [3.05, 3.63) is 53.7 Å². The predicted octanol–water partition coefficient (Wildman–Crippen LogP) is 1.93. The summed E-state index contributed by atoms with van der Waals surface area (Å²) in [5.41, 5.74) is 2.98. The molecule has 2 aromatic heterocycles. The monoisotopic (exact) mass is 309 g/mol. The first-order valence-corrected chi connectivity index (χ1v) is 7.46. The Morgan fingerprint density at radius 3 is 2.91 bits per heavy atom. The van der Waals surface area contributed by atoms with E-state index in [4.69, 9.17) is 4.42 Å². The highest BCUT2D eigenvalue weighted by molar-refractivity contribution is 5.77. The molecule has 0 spiro atoms. The van der Waals surface area contributed by atoms with Crippen LogP contribution < -0.4 is 0 Å². The molecular weight excluding hydrogens is 294 g/mol. The molecule has 23 heavy (non-hydrogen) atoms. The quantitative estimate of drug-likeness (QED) is 0.795. The van der Waals surface area contributed by atoms with Crippen molar-refractivity contribution in [3.8, 4) is 11.5 Å². The van der Waals surface area contributed by atoms with Crippen molar-refractivity contribution >= 4 is 5.91 Å². The Morgan fingerprint density at radius 1 is 1.22 bits per heavy atom. The van der Waals surface area contributed by atoms with Crippen LogP contribution in [0.15, 0.2) is 40.9 Å². The van der Waals surface area contributed by atoms with E-state index in [1.165, 1.54) is 0 Å². The average molecular weight is 309 g/mol. The number of aryl methyl sites for hydroxylation is 1. The first kappa shape index (κ1) is 13.7. The van der Waals surface area contributed by atoms with Gasteiger partial charge in [0.15, 0.2) is 0 Å². The number of nitrogens with zero attached hydrogens (tertiary/aromatic N) is 4. The summed E-state index contributed by atoms with van der Waals surface area (Å²) in [5.74, 6) is 1.04. The van der Waals surface area contributed by atoms with Crippen molar-refractivity contribution < 1.29 is 9.21 Å².